The molecule has 1 aliphatic heterocycles. The Morgan fingerprint density at radius 1 is 1.15 bits per heavy atom. The van der Waals surface area contributed by atoms with E-state index in [0.29, 0.717) is 6.04 Å². The highest BCUT2D eigenvalue weighted by atomic mass is 19.1. The zero-order valence-electron chi connectivity index (χ0n) is 15.4. The van der Waals surface area contributed by atoms with Crippen LogP contribution in [0.1, 0.15) is 46.7 Å². The third-order valence-electron chi connectivity index (χ3n) is 5.15. The second kappa shape index (κ2) is 9.06. The van der Waals surface area contributed by atoms with Gasteiger partial charge >= 0.3 is 0 Å². The Kier molecular flexibility index (Phi) is 6.53. The molecule has 3 rings (SSSR count). The van der Waals surface area contributed by atoms with E-state index in [0.717, 1.165) is 56.4 Å². The average Bonchev–Trinajstić information content (AvgIpc) is 2.93. The SMILES string of the molecule is Cc1cc(CCCc2ccc(F)cc2)c(C=N)cc1C1CNCCCN1. The predicted molar refractivity (Wildman–Crippen MR) is 106 cm³/mol. The van der Waals surface area contributed by atoms with E-state index in [1.165, 1.54) is 35.0 Å². The highest BCUT2D eigenvalue weighted by molar-refractivity contribution is 5.80. The van der Waals surface area contributed by atoms with Crippen molar-refractivity contribution in [3.8, 4) is 0 Å². The van der Waals surface area contributed by atoms with Gasteiger partial charge in [0.15, 0.2) is 0 Å². The van der Waals surface area contributed by atoms with E-state index >= 15 is 0 Å². The molecule has 0 amide bonds. The van der Waals surface area contributed by atoms with Crippen LogP contribution in [0.15, 0.2) is 36.4 Å². The van der Waals surface area contributed by atoms with E-state index in [4.69, 9.17) is 5.41 Å². The molecule has 3 N–H and O–H groups in total. The van der Waals surface area contributed by atoms with Crippen molar-refractivity contribution in [3.05, 3.63) is 70.0 Å². The second-order valence-electron chi connectivity index (χ2n) is 7.10. The summed E-state index contributed by atoms with van der Waals surface area (Å²) in [5.74, 6) is -0.187. The maximum atomic E-state index is 13.0. The number of benzene rings is 2. The van der Waals surface area contributed by atoms with Crippen molar-refractivity contribution in [2.75, 3.05) is 19.6 Å². The first-order valence-corrected chi connectivity index (χ1v) is 9.50. The van der Waals surface area contributed by atoms with Crippen LogP contribution in [0.2, 0.25) is 0 Å². The van der Waals surface area contributed by atoms with Crippen molar-refractivity contribution < 1.29 is 4.39 Å². The van der Waals surface area contributed by atoms with Crippen LogP contribution in [0.25, 0.3) is 0 Å². The summed E-state index contributed by atoms with van der Waals surface area (Å²) in [6.45, 7) is 5.18. The van der Waals surface area contributed by atoms with Crippen molar-refractivity contribution in [3.63, 3.8) is 0 Å². The summed E-state index contributed by atoms with van der Waals surface area (Å²) in [7, 11) is 0. The molecule has 0 saturated carbocycles. The van der Waals surface area contributed by atoms with Crippen LogP contribution in [0.5, 0.6) is 0 Å². The van der Waals surface area contributed by atoms with E-state index in [9.17, 15) is 4.39 Å². The molecule has 0 bridgehead atoms. The molecule has 0 aromatic heterocycles. The van der Waals surface area contributed by atoms with Gasteiger partial charge in [-0.1, -0.05) is 18.2 Å². The quantitative estimate of drug-likeness (QED) is 0.689. The molecular weight excluding hydrogens is 325 g/mol. The summed E-state index contributed by atoms with van der Waals surface area (Å²) in [6.07, 6.45) is 5.47. The van der Waals surface area contributed by atoms with E-state index in [1.54, 1.807) is 0 Å². The molecule has 2 aromatic carbocycles. The zero-order chi connectivity index (χ0) is 18.4. The number of rotatable bonds is 6. The molecule has 0 radical (unpaired) electrons. The first-order chi connectivity index (χ1) is 12.7. The summed E-state index contributed by atoms with van der Waals surface area (Å²) in [6, 6.07) is 11.5. The largest absolute Gasteiger partial charge is 0.315 e. The molecule has 1 saturated heterocycles. The molecule has 26 heavy (non-hydrogen) atoms. The van der Waals surface area contributed by atoms with Gasteiger partial charge in [-0.05, 0) is 91.7 Å². The van der Waals surface area contributed by atoms with Crippen molar-refractivity contribution in [1.82, 2.24) is 10.6 Å². The summed E-state index contributed by atoms with van der Waals surface area (Å²) >= 11 is 0. The van der Waals surface area contributed by atoms with Gasteiger partial charge in [0.25, 0.3) is 0 Å². The third-order valence-corrected chi connectivity index (χ3v) is 5.15. The van der Waals surface area contributed by atoms with Crippen molar-refractivity contribution in [2.45, 2.75) is 38.6 Å². The van der Waals surface area contributed by atoms with Crippen LogP contribution in [0.3, 0.4) is 0 Å². The molecule has 1 unspecified atom stereocenters. The molecule has 0 spiro atoms. The van der Waals surface area contributed by atoms with Crippen molar-refractivity contribution >= 4 is 6.21 Å². The minimum Gasteiger partial charge on any atom is -0.315 e. The molecule has 1 atom stereocenters. The van der Waals surface area contributed by atoms with Gasteiger partial charge in [0, 0.05) is 18.8 Å². The maximum Gasteiger partial charge on any atom is 0.123 e. The molecule has 1 aliphatic rings. The first-order valence-electron chi connectivity index (χ1n) is 9.50. The monoisotopic (exact) mass is 353 g/mol. The van der Waals surface area contributed by atoms with E-state index in [-0.39, 0.29) is 5.82 Å². The van der Waals surface area contributed by atoms with E-state index in [2.05, 4.69) is 29.7 Å². The van der Waals surface area contributed by atoms with Gasteiger partial charge in [0.05, 0.1) is 0 Å². The fraction of sp³-hybridized carbons (Fsp3) is 0.409. The Bertz CT molecular complexity index is 732. The highest BCUT2D eigenvalue weighted by Crippen LogP contribution is 2.24. The predicted octanol–water partition coefficient (Wildman–Crippen LogP) is 3.93. The molecule has 4 heteroatoms. The van der Waals surface area contributed by atoms with Gasteiger partial charge in [0.1, 0.15) is 5.82 Å². The minimum atomic E-state index is -0.187. The molecule has 1 fully saturated rings. The van der Waals surface area contributed by atoms with Crippen LogP contribution in [0, 0.1) is 18.2 Å². The third kappa shape index (κ3) is 4.77. The fourth-order valence-corrected chi connectivity index (χ4v) is 3.69. The number of nitrogens with one attached hydrogen (secondary N) is 3. The normalized spacial score (nSPS) is 17.7. The molecule has 2 aromatic rings. The standard InChI is InChI=1S/C22H28FN3/c1-16-12-18(5-2-4-17-6-8-20(23)9-7-17)19(14-24)13-21(16)22-15-25-10-3-11-26-22/h6-9,12-14,22,24-26H,2-5,10-11,15H2,1H3. The fourth-order valence-electron chi connectivity index (χ4n) is 3.69. The lowest BCUT2D eigenvalue weighted by Gasteiger charge is -2.21. The Balaban J connectivity index is 1.69. The Morgan fingerprint density at radius 3 is 2.73 bits per heavy atom. The van der Waals surface area contributed by atoms with Crippen molar-refractivity contribution in [1.29, 1.82) is 5.41 Å². The second-order valence-corrected chi connectivity index (χ2v) is 7.10. The number of halogens is 1. The summed E-state index contributed by atoms with van der Waals surface area (Å²) in [4.78, 5) is 0. The molecule has 1 heterocycles. The Morgan fingerprint density at radius 2 is 1.96 bits per heavy atom. The zero-order valence-corrected chi connectivity index (χ0v) is 15.4. The number of hydrogen-bond donors (Lipinski definition) is 3. The van der Waals surface area contributed by atoms with Gasteiger partial charge in [-0.3, -0.25) is 0 Å². The summed E-state index contributed by atoms with van der Waals surface area (Å²) in [5.41, 5.74) is 5.97. The van der Waals surface area contributed by atoms with E-state index in [1.807, 2.05) is 12.1 Å². The highest BCUT2D eigenvalue weighted by Gasteiger charge is 2.17. The van der Waals surface area contributed by atoms with Crippen LogP contribution >= 0.6 is 0 Å². The van der Waals surface area contributed by atoms with Crippen LogP contribution < -0.4 is 10.6 Å². The van der Waals surface area contributed by atoms with Crippen LogP contribution in [-0.2, 0) is 12.8 Å². The number of hydrogen-bond acceptors (Lipinski definition) is 3. The van der Waals surface area contributed by atoms with Crippen LogP contribution in [-0.4, -0.2) is 25.8 Å². The van der Waals surface area contributed by atoms with Gasteiger partial charge < -0.3 is 16.0 Å². The van der Waals surface area contributed by atoms with Gasteiger partial charge in [-0.2, -0.15) is 0 Å². The summed E-state index contributed by atoms with van der Waals surface area (Å²) < 4.78 is 13.0. The van der Waals surface area contributed by atoms with Gasteiger partial charge in [0.2, 0.25) is 0 Å². The topological polar surface area (TPSA) is 47.9 Å². The molecular formula is C22H28FN3. The average molecular weight is 353 g/mol. The van der Waals surface area contributed by atoms with Gasteiger partial charge in [-0.15, -0.1) is 0 Å². The Hall–Kier alpha value is -2.04. The lowest BCUT2D eigenvalue weighted by atomic mass is 9.92. The molecule has 3 nitrogen and oxygen atoms in total. The lowest BCUT2D eigenvalue weighted by molar-refractivity contribution is 0.550. The number of aryl methyl sites for hydroxylation is 3. The lowest BCUT2D eigenvalue weighted by Crippen LogP contribution is -2.28. The first kappa shape index (κ1) is 18.7. The van der Waals surface area contributed by atoms with E-state index < -0.39 is 0 Å². The van der Waals surface area contributed by atoms with Crippen molar-refractivity contribution in [2.24, 2.45) is 0 Å². The Labute approximate surface area is 155 Å². The molecule has 138 valence electrons. The van der Waals surface area contributed by atoms with Gasteiger partial charge in [-0.25, -0.2) is 4.39 Å². The molecule has 0 aliphatic carbocycles. The smallest absolute Gasteiger partial charge is 0.123 e. The van der Waals surface area contributed by atoms with Crippen LogP contribution in [0.4, 0.5) is 4.39 Å². The maximum absolute atomic E-state index is 13.0. The summed E-state index contributed by atoms with van der Waals surface area (Å²) in [5, 5.41) is 14.9. The minimum absolute atomic E-state index is 0.187.